The van der Waals surface area contributed by atoms with Crippen molar-refractivity contribution in [2.75, 3.05) is 13.2 Å². The summed E-state index contributed by atoms with van der Waals surface area (Å²) in [4.78, 5) is 24.7. The van der Waals surface area contributed by atoms with Crippen LogP contribution in [0.4, 0.5) is 0 Å². The highest BCUT2D eigenvalue weighted by molar-refractivity contribution is 9.10. The van der Waals surface area contributed by atoms with Gasteiger partial charge in [-0.3, -0.25) is 9.59 Å². The predicted molar refractivity (Wildman–Crippen MR) is 169 cm³/mol. The number of halogens is 1. The van der Waals surface area contributed by atoms with E-state index in [0.29, 0.717) is 25.7 Å². The summed E-state index contributed by atoms with van der Waals surface area (Å²) in [6, 6.07) is 14.0. The molecule has 0 aliphatic rings. The van der Waals surface area contributed by atoms with Gasteiger partial charge in [-0.15, -0.1) is 0 Å². The predicted octanol–water partition coefficient (Wildman–Crippen LogP) is 9.32. The molecule has 0 heterocycles. The summed E-state index contributed by atoms with van der Waals surface area (Å²) in [5.41, 5.74) is 0. The minimum atomic E-state index is -0.335. The van der Waals surface area contributed by atoms with Crippen LogP contribution in [-0.2, 0) is 19.1 Å². The fraction of sp³-hybridized carbons (Fsp3) is 0.529. The van der Waals surface area contributed by atoms with Gasteiger partial charge < -0.3 is 18.9 Å². The molecule has 41 heavy (non-hydrogen) atoms. The van der Waals surface area contributed by atoms with Crippen molar-refractivity contribution in [3.05, 3.63) is 46.9 Å². The van der Waals surface area contributed by atoms with E-state index in [1.54, 1.807) is 0 Å². The van der Waals surface area contributed by atoms with E-state index >= 15 is 0 Å². The van der Waals surface area contributed by atoms with Crippen molar-refractivity contribution >= 4 is 49.4 Å². The van der Waals surface area contributed by atoms with E-state index in [4.69, 9.17) is 18.9 Å². The molecule has 0 amide bonds. The highest BCUT2D eigenvalue weighted by Gasteiger charge is 2.21. The fourth-order valence-corrected chi connectivity index (χ4v) is 5.09. The summed E-state index contributed by atoms with van der Waals surface area (Å²) >= 11 is 3.61. The van der Waals surface area contributed by atoms with Crippen molar-refractivity contribution in [3.63, 3.8) is 0 Å². The minimum Gasteiger partial charge on any atom is -0.488 e. The van der Waals surface area contributed by atoms with Gasteiger partial charge in [0.2, 0.25) is 0 Å². The fourth-order valence-electron chi connectivity index (χ4n) is 4.73. The molecule has 0 aliphatic carbocycles. The number of fused-ring (bicyclic) bond motifs is 2. The molecule has 3 aromatic carbocycles. The molecule has 7 heteroatoms. The summed E-state index contributed by atoms with van der Waals surface area (Å²) in [7, 11) is 0. The van der Waals surface area contributed by atoms with Crippen LogP contribution in [-0.4, -0.2) is 37.4 Å². The van der Waals surface area contributed by atoms with Crippen molar-refractivity contribution < 1.29 is 28.5 Å². The number of carbonyl (C=O) groups excluding carboxylic acids is 2. The van der Waals surface area contributed by atoms with Crippen LogP contribution < -0.4 is 9.47 Å². The van der Waals surface area contributed by atoms with Gasteiger partial charge in [-0.05, 0) is 43.9 Å². The maximum Gasteiger partial charge on any atom is 0.306 e. The van der Waals surface area contributed by atoms with Gasteiger partial charge in [0.1, 0.15) is 36.9 Å². The Labute approximate surface area is 253 Å². The smallest absolute Gasteiger partial charge is 0.306 e. The zero-order valence-electron chi connectivity index (χ0n) is 25.0. The van der Waals surface area contributed by atoms with Crippen LogP contribution in [0.5, 0.6) is 11.5 Å². The van der Waals surface area contributed by atoms with Crippen LogP contribution in [0.1, 0.15) is 91.9 Å². The Bertz CT molecular complexity index is 1270. The molecule has 0 bridgehead atoms. The summed E-state index contributed by atoms with van der Waals surface area (Å²) in [5.74, 6) is 1.10. The van der Waals surface area contributed by atoms with Crippen molar-refractivity contribution in [1.82, 2.24) is 0 Å². The number of esters is 2. The molecular formula is C34H45BrO6. The minimum absolute atomic E-state index is 0.173. The van der Waals surface area contributed by atoms with Crippen molar-refractivity contribution in [3.8, 4) is 11.5 Å². The average Bonchev–Trinajstić information content (AvgIpc) is 2.97. The van der Waals surface area contributed by atoms with Gasteiger partial charge >= 0.3 is 11.9 Å². The topological polar surface area (TPSA) is 71.1 Å². The van der Waals surface area contributed by atoms with E-state index in [-0.39, 0.29) is 37.4 Å². The molecule has 6 nitrogen and oxygen atoms in total. The highest BCUT2D eigenvalue weighted by atomic mass is 79.9. The molecule has 224 valence electrons. The summed E-state index contributed by atoms with van der Waals surface area (Å²) in [6.07, 6.45) is 7.37. The third kappa shape index (κ3) is 9.63. The number of hydrogen-bond acceptors (Lipinski definition) is 6. The van der Waals surface area contributed by atoms with E-state index < -0.39 is 0 Å². The molecule has 0 saturated heterocycles. The maximum atomic E-state index is 12.4. The molecule has 0 fully saturated rings. The lowest BCUT2D eigenvalue weighted by atomic mass is 10.0. The lowest BCUT2D eigenvalue weighted by molar-refractivity contribution is -0.151. The molecule has 0 aromatic heterocycles. The Hall–Kier alpha value is -2.80. The number of rotatable bonds is 18. The number of ether oxygens (including phenoxy) is 4. The second-order valence-electron chi connectivity index (χ2n) is 10.5. The Morgan fingerprint density at radius 3 is 1.59 bits per heavy atom. The van der Waals surface area contributed by atoms with Crippen LogP contribution in [0.25, 0.3) is 21.5 Å². The van der Waals surface area contributed by atoms with Gasteiger partial charge in [0.15, 0.2) is 0 Å². The van der Waals surface area contributed by atoms with Crippen LogP contribution in [0.3, 0.4) is 0 Å². The van der Waals surface area contributed by atoms with Crippen LogP contribution in [0, 0.1) is 0 Å². The zero-order chi connectivity index (χ0) is 29.6. The van der Waals surface area contributed by atoms with Crippen molar-refractivity contribution in [2.24, 2.45) is 0 Å². The van der Waals surface area contributed by atoms with E-state index in [1.807, 2.05) is 56.3 Å². The quantitative estimate of drug-likeness (QED) is 0.0794. The van der Waals surface area contributed by atoms with Gasteiger partial charge in [0.25, 0.3) is 0 Å². The highest BCUT2D eigenvalue weighted by Crippen LogP contribution is 2.44. The average molecular weight is 630 g/mol. The normalized spacial score (nSPS) is 12.7. The van der Waals surface area contributed by atoms with Crippen LogP contribution in [0.2, 0.25) is 0 Å². The van der Waals surface area contributed by atoms with E-state index in [9.17, 15) is 9.59 Å². The molecule has 0 radical (unpaired) electrons. The van der Waals surface area contributed by atoms with Crippen LogP contribution >= 0.6 is 15.9 Å². The van der Waals surface area contributed by atoms with E-state index in [1.165, 1.54) is 0 Å². The second-order valence-corrected chi connectivity index (χ2v) is 11.4. The lowest BCUT2D eigenvalue weighted by Crippen LogP contribution is -2.25. The van der Waals surface area contributed by atoms with Crippen LogP contribution in [0.15, 0.2) is 46.9 Å². The lowest BCUT2D eigenvalue weighted by Gasteiger charge is -2.22. The SMILES string of the molecule is CCCCCC(=O)OC(CC)COc1c2ccccc2c(OCC(CC)OC(=O)CCCCC)c2cc(Br)ccc12. The monoisotopic (exact) mass is 628 g/mol. The number of carbonyl (C=O) groups is 2. The van der Waals surface area contributed by atoms with E-state index in [0.717, 1.165) is 76.0 Å². The second kappa shape index (κ2) is 17.2. The third-order valence-electron chi connectivity index (χ3n) is 7.19. The molecular weight excluding hydrogens is 584 g/mol. The van der Waals surface area contributed by atoms with Gasteiger partial charge in [0, 0.05) is 38.9 Å². The number of unbranched alkanes of at least 4 members (excludes halogenated alkanes) is 4. The Balaban J connectivity index is 1.86. The first kappa shape index (κ1) is 32.7. The van der Waals surface area contributed by atoms with Crippen molar-refractivity contribution in [1.29, 1.82) is 0 Å². The molecule has 0 saturated carbocycles. The first-order valence-corrected chi connectivity index (χ1v) is 16.0. The first-order chi connectivity index (χ1) is 19.9. The van der Waals surface area contributed by atoms with Crippen molar-refractivity contribution in [2.45, 2.75) is 104 Å². The van der Waals surface area contributed by atoms with Gasteiger partial charge in [-0.2, -0.15) is 0 Å². The largest absolute Gasteiger partial charge is 0.488 e. The molecule has 0 spiro atoms. The van der Waals surface area contributed by atoms with Gasteiger partial charge in [-0.25, -0.2) is 0 Å². The molecule has 2 unspecified atom stereocenters. The summed E-state index contributed by atoms with van der Waals surface area (Å²) in [6.45, 7) is 8.75. The molecule has 3 aromatic rings. The third-order valence-corrected chi connectivity index (χ3v) is 7.68. The molecule has 2 atom stereocenters. The molecule has 3 rings (SSSR count). The Kier molecular flexibility index (Phi) is 13.7. The molecule has 0 aliphatic heterocycles. The summed E-state index contributed by atoms with van der Waals surface area (Å²) < 4.78 is 25.3. The van der Waals surface area contributed by atoms with E-state index in [2.05, 4.69) is 29.8 Å². The van der Waals surface area contributed by atoms with Gasteiger partial charge in [0.05, 0.1) is 0 Å². The van der Waals surface area contributed by atoms with Gasteiger partial charge in [-0.1, -0.05) is 93.6 Å². The Morgan fingerprint density at radius 1 is 0.659 bits per heavy atom. The number of hydrogen-bond donors (Lipinski definition) is 0. The standard InChI is InChI=1S/C34H45BrO6/c1-5-9-11-17-31(36)40-25(7-3)22-38-33-27-15-13-14-16-28(27)34(30-21-24(35)19-20-29(30)33)39-23-26(8-4)41-32(37)18-12-10-6-2/h13-16,19-21,25-26H,5-12,17-18,22-23H2,1-4H3. The Morgan fingerprint density at radius 2 is 1.12 bits per heavy atom. The zero-order valence-corrected chi connectivity index (χ0v) is 26.6. The first-order valence-electron chi connectivity index (χ1n) is 15.2. The maximum absolute atomic E-state index is 12.4. The molecule has 0 N–H and O–H groups in total. The number of benzene rings is 3. The summed E-state index contributed by atoms with van der Waals surface area (Å²) in [5, 5.41) is 3.60.